The molecule has 1 saturated heterocycles. The number of amides is 1. The molecule has 1 aliphatic rings. The van der Waals surface area contributed by atoms with Gasteiger partial charge in [0.05, 0.1) is 10.4 Å². The number of benzene rings is 1. The highest BCUT2D eigenvalue weighted by Crippen LogP contribution is 2.27. The van der Waals surface area contributed by atoms with Gasteiger partial charge in [-0.1, -0.05) is 0 Å². The van der Waals surface area contributed by atoms with Crippen molar-refractivity contribution in [2.75, 3.05) is 18.4 Å². The number of aryl methyl sites for hydroxylation is 1. The molecule has 0 bridgehead atoms. The first-order chi connectivity index (χ1) is 14.4. The molecule has 160 valence electrons. The van der Waals surface area contributed by atoms with Crippen molar-refractivity contribution in [3.8, 4) is 0 Å². The number of nitrogens with zero attached hydrogens (tertiary/aromatic N) is 3. The van der Waals surface area contributed by atoms with Gasteiger partial charge in [-0.3, -0.25) is 9.36 Å². The Hall–Kier alpha value is -2.50. The van der Waals surface area contributed by atoms with Crippen LogP contribution >= 0.6 is 11.3 Å². The molecule has 1 amide bonds. The molecule has 0 unspecified atom stereocenters. The van der Waals surface area contributed by atoms with Crippen molar-refractivity contribution in [1.29, 1.82) is 0 Å². The Morgan fingerprint density at radius 1 is 1.33 bits per heavy atom. The van der Waals surface area contributed by atoms with Gasteiger partial charge >= 0.3 is 5.76 Å². The summed E-state index contributed by atoms with van der Waals surface area (Å²) in [4.78, 5) is 28.1. The largest absolute Gasteiger partial charge is 0.419 e. The molecule has 1 fully saturated rings. The molecular formula is C19H22N4O5S2. The normalized spacial score (nSPS) is 16.2. The fourth-order valence-electron chi connectivity index (χ4n) is 3.73. The first kappa shape index (κ1) is 20.8. The fraction of sp³-hybridized carbons (Fsp3) is 0.421. The standard InChI is InChI=1S/C19H22N4O5S2/c1-2-23-15-4-3-14(12-16(15)28-19(23)25)30(26,27)22-8-5-13(6-9-22)11-17(24)21-18-20-7-10-29-18/h3-4,7,10,12-13H,2,5-6,8-9,11H2,1H3,(H,20,21,24). The molecule has 0 aliphatic carbocycles. The zero-order valence-corrected chi connectivity index (χ0v) is 18.0. The van der Waals surface area contributed by atoms with Gasteiger partial charge < -0.3 is 9.73 Å². The van der Waals surface area contributed by atoms with E-state index in [9.17, 15) is 18.0 Å². The molecule has 1 aliphatic heterocycles. The van der Waals surface area contributed by atoms with Crippen LogP contribution in [0.3, 0.4) is 0 Å². The van der Waals surface area contributed by atoms with Gasteiger partial charge in [0.1, 0.15) is 0 Å². The highest BCUT2D eigenvalue weighted by molar-refractivity contribution is 7.89. The van der Waals surface area contributed by atoms with Crippen LogP contribution in [0.15, 0.2) is 43.9 Å². The van der Waals surface area contributed by atoms with Gasteiger partial charge in [-0.05, 0) is 37.8 Å². The van der Waals surface area contributed by atoms with Crippen LogP contribution in [0.4, 0.5) is 5.13 Å². The summed E-state index contributed by atoms with van der Waals surface area (Å²) in [5.41, 5.74) is 0.836. The van der Waals surface area contributed by atoms with Crippen molar-refractivity contribution in [2.24, 2.45) is 5.92 Å². The molecule has 0 spiro atoms. The van der Waals surface area contributed by atoms with Crippen LogP contribution in [0, 0.1) is 5.92 Å². The first-order valence-electron chi connectivity index (χ1n) is 9.71. The number of anilines is 1. The monoisotopic (exact) mass is 450 g/mol. The third kappa shape index (κ3) is 4.05. The quantitative estimate of drug-likeness (QED) is 0.617. The second-order valence-corrected chi connectivity index (χ2v) is 10.0. The summed E-state index contributed by atoms with van der Waals surface area (Å²) in [7, 11) is -3.70. The predicted octanol–water partition coefficient (Wildman–Crippen LogP) is 2.50. The predicted molar refractivity (Wildman–Crippen MR) is 113 cm³/mol. The van der Waals surface area contributed by atoms with E-state index in [0.29, 0.717) is 49.5 Å². The average molecular weight is 451 g/mol. The van der Waals surface area contributed by atoms with Gasteiger partial charge in [0, 0.05) is 43.7 Å². The lowest BCUT2D eigenvalue weighted by Crippen LogP contribution is -2.39. The van der Waals surface area contributed by atoms with Gasteiger partial charge in [-0.15, -0.1) is 11.3 Å². The van der Waals surface area contributed by atoms with Crippen molar-refractivity contribution in [2.45, 2.75) is 37.6 Å². The van der Waals surface area contributed by atoms with Gasteiger partial charge in [-0.2, -0.15) is 4.31 Å². The van der Waals surface area contributed by atoms with Crippen molar-refractivity contribution >= 4 is 43.5 Å². The van der Waals surface area contributed by atoms with Crippen LogP contribution in [0.2, 0.25) is 0 Å². The van der Waals surface area contributed by atoms with Crippen molar-refractivity contribution in [3.05, 3.63) is 40.3 Å². The van der Waals surface area contributed by atoms with E-state index in [1.165, 1.54) is 32.3 Å². The lowest BCUT2D eigenvalue weighted by Gasteiger charge is -2.30. The van der Waals surface area contributed by atoms with E-state index in [-0.39, 0.29) is 22.3 Å². The Bertz CT molecular complexity index is 1210. The molecule has 1 aromatic carbocycles. The fourth-order valence-corrected chi connectivity index (χ4v) is 5.76. The summed E-state index contributed by atoms with van der Waals surface area (Å²) >= 11 is 1.36. The third-order valence-corrected chi connectivity index (χ3v) is 7.90. The van der Waals surface area contributed by atoms with E-state index in [1.54, 1.807) is 17.6 Å². The minimum Gasteiger partial charge on any atom is -0.408 e. The van der Waals surface area contributed by atoms with E-state index in [4.69, 9.17) is 4.42 Å². The second-order valence-electron chi connectivity index (χ2n) is 7.18. The number of hydrogen-bond donors (Lipinski definition) is 1. The molecule has 0 atom stereocenters. The Balaban J connectivity index is 1.41. The van der Waals surface area contributed by atoms with E-state index >= 15 is 0 Å². The van der Waals surface area contributed by atoms with Crippen LogP contribution in [0.5, 0.6) is 0 Å². The Labute approximate surface area is 177 Å². The van der Waals surface area contributed by atoms with Crippen molar-refractivity contribution < 1.29 is 17.6 Å². The summed E-state index contributed by atoms with van der Waals surface area (Å²) in [6, 6.07) is 4.52. The molecular weight excluding hydrogens is 428 g/mol. The van der Waals surface area contributed by atoms with E-state index in [2.05, 4.69) is 10.3 Å². The van der Waals surface area contributed by atoms with Crippen LogP contribution in [-0.2, 0) is 21.4 Å². The molecule has 0 radical (unpaired) electrons. The number of oxazole rings is 1. The molecule has 1 N–H and O–H groups in total. The highest BCUT2D eigenvalue weighted by Gasteiger charge is 2.30. The van der Waals surface area contributed by atoms with Crippen LogP contribution in [-0.4, -0.2) is 41.3 Å². The number of carbonyl (C=O) groups is 1. The lowest BCUT2D eigenvalue weighted by molar-refractivity contribution is -0.117. The Morgan fingerprint density at radius 2 is 2.10 bits per heavy atom. The summed E-state index contributed by atoms with van der Waals surface area (Å²) in [6.07, 6.45) is 3.18. The molecule has 0 saturated carbocycles. The molecule has 4 rings (SSSR count). The van der Waals surface area contributed by atoms with Crippen LogP contribution in [0.25, 0.3) is 11.1 Å². The number of hydrogen-bond acceptors (Lipinski definition) is 7. The topological polar surface area (TPSA) is 115 Å². The molecule has 3 aromatic rings. The van der Waals surface area contributed by atoms with Gasteiger partial charge in [-0.25, -0.2) is 18.2 Å². The number of piperidine rings is 1. The van der Waals surface area contributed by atoms with E-state index in [0.717, 1.165) is 0 Å². The number of fused-ring (bicyclic) bond motifs is 1. The first-order valence-corrected chi connectivity index (χ1v) is 12.0. The smallest absolute Gasteiger partial charge is 0.408 e. The number of thiazole rings is 1. The summed E-state index contributed by atoms with van der Waals surface area (Å²) < 4.78 is 34.2. The number of aromatic nitrogens is 2. The zero-order chi connectivity index (χ0) is 21.3. The van der Waals surface area contributed by atoms with Crippen LogP contribution in [0.1, 0.15) is 26.2 Å². The lowest BCUT2D eigenvalue weighted by atomic mass is 9.94. The second kappa shape index (κ2) is 8.32. The van der Waals surface area contributed by atoms with Gasteiger partial charge in [0.2, 0.25) is 15.9 Å². The SMILES string of the molecule is CCn1c(=O)oc2cc(S(=O)(=O)N3CCC(CC(=O)Nc4nccs4)CC3)ccc21. The highest BCUT2D eigenvalue weighted by atomic mass is 32.2. The minimum atomic E-state index is -3.70. The summed E-state index contributed by atoms with van der Waals surface area (Å²) in [5, 5.41) is 5.12. The Morgan fingerprint density at radius 3 is 2.77 bits per heavy atom. The Kier molecular flexibility index (Phi) is 5.76. The summed E-state index contributed by atoms with van der Waals surface area (Å²) in [5.74, 6) is -0.485. The van der Waals surface area contributed by atoms with E-state index in [1.807, 2.05) is 6.92 Å². The molecule has 2 aromatic heterocycles. The van der Waals surface area contributed by atoms with Crippen molar-refractivity contribution in [3.63, 3.8) is 0 Å². The van der Waals surface area contributed by atoms with Gasteiger partial charge in [0.25, 0.3) is 0 Å². The molecule has 30 heavy (non-hydrogen) atoms. The molecule has 9 nitrogen and oxygen atoms in total. The average Bonchev–Trinajstić information content (AvgIpc) is 3.34. The minimum absolute atomic E-state index is 0.104. The number of rotatable bonds is 6. The number of carbonyl (C=O) groups excluding carboxylic acids is 1. The summed E-state index contributed by atoms with van der Waals surface area (Å²) in [6.45, 7) is 2.95. The van der Waals surface area contributed by atoms with Crippen LogP contribution < -0.4 is 11.1 Å². The maximum Gasteiger partial charge on any atom is 0.419 e. The maximum atomic E-state index is 13.0. The van der Waals surface area contributed by atoms with Gasteiger partial charge in [0.15, 0.2) is 10.7 Å². The van der Waals surface area contributed by atoms with E-state index < -0.39 is 15.8 Å². The number of nitrogens with one attached hydrogen (secondary N) is 1. The zero-order valence-electron chi connectivity index (χ0n) is 16.4. The molecule has 11 heteroatoms. The molecule has 3 heterocycles. The third-order valence-electron chi connectivity index (χ3n) is 5.32. The number of sulfonamides is 1. The van der Waals surface area contributed by atoms with Crippen molar-refractivity contribution in [1.82, 2.24) is 13.9 Å². The maximum absolute atomic E-state index is 13.0.